The van der Waals surface area contributed by atoms with E-state index in [0.717, 1.165) is 24.6 Å². The van der Waals surface area contributed by atoms with Gasteiger partial charge in [-0.15, -0.1) is 0 Å². The highest BCUT2D eigenvalue weighted by molar-refractivity contribution is 5.11. The van der Waals surface area contributed by atoms with Crippen molar-refractivity contribution in [2.45, 2.75) is 57.9 Å². The Hall–Kier alpha value is -0.900. The third-order valence-electron chi connectivity index (χ3n) is 4.69. The molecule has 0 amide bonds. The molecule has 0 aromatic carbocycles. The molecule has 4 nitrogen and oxygen atoms in total. The standard InChI is InChI=1S/C14H23N3O/c1-8(2)3-6-11-16-14(18-17-11)12-9-4-5-10(7-9)13(12)15/h8-10,12-13H,3-7,15H2,1-2H3. The minimum absolute atomic E-state index is 0.238. The van der Waals surface area contributed by atoms with Crippen LogP contribution in [0.3, 0.4) is 0 Å². The lowest BCUT2D eigenvalue weighted by Gasteiger charge is -2.24. The summed E-state index contributed by atoms with van der Waals surface area (Å²) in [4.78, 5) is 4.58. The number of nitrogens with two attached hydrogens (primary N) is 1. The average molecular weight is 249 g/mol. The van der Waals surface area contributed by atoms with E-state index in [1.807, 2.05) is 0 Å². The Labute approximate surface area is 108 Å². The minimum Gasteiger partial charge on any atom is -0.339 e. The molecular weight excluding hydrogens is 226 g/mol. The molecule has 4 heteroatoms. The van der Waals surface area contributed by atoms with Gasteiger partial charge in [0.25, 0.3) is 0 Å². The SMILES string of the molecule is CC(C)CCc1noc(C2C3CCC(C3)C2N)n1. The molecule has 1 aromatic rings. The molecule has 2 aliphatic carbocycles. The number of aryl methyl sites for hydroxylation is 1. The van der Waals surface area contributed by atoms with Gasteiger partial charge in [-0.05, 0) is 43.4 Å². The highest BCUT2D eigenvalue weighted by atomic mass is 16.5. The number of rotatable bonds is 4. The maximum absolute atomic E-state index is 6.30. The Bertz CT molecular complexity index is 413. The predicted octanol–water partition coefficient (Wildman–Crippen LogP) is 2.50. The van der Waals surface area contributed by atoms with Crippen molar-refractivity contribution in [1.29, 1.82) is 0 Å². The fourth-order valence-corrected chi connectivity index (χ4v) is 3.62. The summed E-state index contributed by atoms with van der Waals surface area (Å²) in [5.41, 5.74) is 6.30. The highest BCUT2D eigenvalue weighted by Crippen LogP contribution is 2.51. The highest BCUT2D eigenvalue weighted by Gasteiger charge is 2.48. The van der Waals surface area contributed by atoms with Gasteiger partial charge in [-0.25, -0.2) is 0 Å². The van der Waals surface area contributed by atoms with Gasteiger partial charge in [0.15, 0.2) is 5.82 Å². The first-order chi connectivity index (χ1) is 8.65. The molecule has 4 atom stereocenters. The van der Waals surface area contributed by atoms with Gasteiger partial charge in [0.2, 0.25) is 5.89 Å². The summed E-state index contributed by atoms with van der Waals surface area (Å²) in [5.74, 6) is 4.03. The third-order valence-corrected chi connectivity index (χ3v) is 4.69. The molecule has 1 aromatic heterocycles. The van der Waals surface area contributed by atoms with Gasteiger partial charge in [0.05, 0.1) is 5.92 Å². The van der Waals surface area contributed by atoms with Crippen LogP contribution in [0.5, 0.6) is 0 Å². The van der Waals surface area contributed by atoms with Crippen molar-refractivity contribution in [2.75, 3.05) is 0 Å². The van der Waals surface area contributed by atoms with Crippen LogP contribution in [0, 0.1) is 17.8 Å². The first-order valence-electron chi connectivity index (χ1n) is 7.23. The van der Waals surface area contributed by atoms with Crippen LogP contribution in [0.4, 0.5) is 0 Å². The van der Waals surface area contributed by atoms with Gasteiger partial charge in [-0.2, -0.15) is 4.98 Å². The number of nitrogens with zero attached hydrogens (tertiary/aromatic N) is 2. The third kappa shape index (κ3) is 2.07. The van der Waals surface area contributed by atoms with E-state index in [4.69, 9.17) is 10.3 Å². The first-order valence-corrected chi connectivity index (χ1v) is 7.23. The topological polar surface area (TPSA) is 64.9 Å². The Morgan fingerprint density at radius 1 is 1.33 bits per heavy atom. The number of hydrogen-bond donors (Lipinski definition) is 1. The van der Waals surface area contributed by atoms with E-state index in [-0.39, 0.29) is 6.04 Å². The van der Waals surface area contributed by atoms with Crippen LogP contribution in [-0.4, -0.2) is 16.2 Å². The summed E-state index contributed by atoms with van der Waals surface area (Å²) in [7, 11) is 0. The molecule has 1 heterocycles. The van der Waals surface area contributed by atoms with Gasteiger partial charge in [-0.1, -0.05) is 19.0 Å². The molecule has 2 aliphatic rings. The number of hydrogen-bond acceptors (Lipinski definition) is 4. The quantitative estimate of drug-likeness (QED) is 0.890. The molecule has 100 valence electrons. The van der Waals surface area contributed by atoms with Crippen molar-refractivity contribution >= 4 is 0 Å². The van der Waals surface area contributed by atoms with Gasteiger partial charge < -0.3 is 10.3 Å². The molecule has 18 heavy (non-hydrogen) atoms. The monoisotopic (exact) mass is 249 g/mol. The van der Waals surface area contributed by atoms with Crippen LogP contribution in [0.1, 0.15) is 57.2 Å². The normalized spacial score (nSPS) is 34.7. The van der Waals surface area contributed by atoms with E-state index < -0.39 is 0 Å². The second-order valence-corrected chi connectivity index (χ2v) is 6.42. The summed E-state index contributed by atoms with van der Waals surface area (Å²) in [5, 5.41) is 4.11. The molecule has 2 saturated carbocycles. The van der Waals surface area contributed by atoms with Crippen LogP contribution in [0.2, 0.25) is 0 Å². The summed E-state index contributed by atoms with van der Waals surface area (Å²) in [6.07, 6.45) is 5.86. The second-order valence-electron chi connectivity index (χ2n) is 6.42. The summed E-state index contributed by atoms with van der Waals surface area (Å²) in [6, 6.07) is 0.238. The Kier molecular flexibility index (Phi) is 3.14. The molecule has 0 aliphatic heterocycles. The Balaban J connectivity index is 1.70. The van der Waals surface area contributed by atoms with E-state index in [0.29, 0.717) is 23.7 Å². The number of fused-ring (bicyclic) bond motifs is 2. The van der Waals surface area contributed by atoms with Crippen LogP contribution in [-0.2, 0) is 6.42 Å². The zero-order valence-electron chi connectivity index (χ0n) is 11.3. The molecule has 2 N–H and O–H groups in total. The van der Waals surface area contributed by atoms with E-state index in [9.17, 15) is 0 Å². The van der Waals surface area contributed by atoms with Crippen molar-refractivity contribution in [3.8, 4) is 0 Å². The Morgan fingerprint density at radius 3 is 2.78 bits per heavy atom. The molecule has 0 saturated heterocycles. The lowest BCUT2D eigenvalue weighted by Crippen LogP contribution is -2.34. The van der Waals surface area contributed by atoms with Crippen LogP contribution >= 0.6 is 0 Å². The molecule has 4 unspecified atom stereocenters. The van der Waals surface area contributed by atoms with Crippen molar-refractivity contribution in [3.05, 3.63) is 11.7 Å². The van der Waals surface area contributed by atoms with Gasteiger partial charge >= 0.3 is 0 Å². The second kappa shape index (κ2) is 4.65. The molecule has 2 bridgehead atoms. The minimum atomic E-state index is 0.238. The zero-order chi connectivity index (χ0) is 12.7. The Morgan fingerprint density at radius 2 is 2.11 bits per heavy atom. The van der Waals surface area contributed by atoms with Crippen molar-refractivity contribution in [2.24, 2.45) is 23.5 Å². The van der Waals surface area contributed by atoms with Crippen molar-refractivity contribution < 1.29 is 4.52 Å². The maximum atomic E-state index is 6.30. The molecule has 0 spiro atoms. The first kappa shape index (κ1) is 12.2. The fraction of sp³-hybridized carbons (Fsp3) is 0.857. The average Bonchev–Trinajstić information content (AvgIpc) is 3.00. The summed E-state index contributed by atoms with van der Waals surface area (Å²) < 4.78 is 5.46. The fourth-order valence-electron chi connectivity index (χ4n) is 3.62. The summed E-state index contributed by atoms with van der Waals surface area (Å²) in [6.45, 7) is 4.43. The van der Waals surface area contributed by atoms with Gasteiger partial charge in [-0.3, -0.25) is 0 Å². The molecule has 2 fully saturated rings. The van der Waals surface area contributed by atoms with Crippen molar-refractivity contribution in [3.63, 3.8) is 0 Å². The largest absolute Gasteiger partial charge is 0.339 e. The van der Waals surface area contributed by atoms with Gasteiger partial charge in [0, 0.05) is 12.5 Å². The van der Waals surface area contributed by atoms with E-state index in [1.54, 1.807) is 0 Å². The maximum Gasteiger partial charge on any atom is 0.231 e. The van der Waals surface area contributed by atoms with Crippen LogP contribution < -0.4 is 5.73 Å². The zero-order valence-corrected chi connectivity index (χ0v) is 11.3. The summed E-state index contributed by atoms with van der Waals surface area (Å²) >= 11 is 0. The van der Waals surface area contributed by atoms with E-state index in [1.165, 1.54) is 19.3 Å². The lowest BCUT2D eigenvalue weighted by atomic mass is 9.85. The van der Waals surface area contributed by atoms with Crippen LogP contribution in [0.15, 0.2) is 4.52 Å². The van der Waals surface area contributed by atoms with E-state index in [2.05, 4.69) is 24.0 Å². The lowest BCUT2D eigenvalue weighted by molar-refractivity contribution is 0.278. The van der Waals surface area contributed by atoms with Crippen molar-refractivity contribution in [1.82, 2.24) is 10.1 Å². The number of aromatic nitrogens is 2. The molecule has 3 rings (SSSR count). The molecular formula is C14H23N3O. The van der Waals surface area contributed by atoms with E-state index >= 15 is 0 Å². The smallest absolute Gasteiger partial charge is 0.231 e. The predicted molar refractivity (Wildman–Crippen MR) is 69.0 cm³/mol. The molecule has 0 radical (unpaired) electrons. The van der Waals surface area contributed by atoms with Gasteiger partial charge in [0.1, 0.15) is 0 Å². The van der Waals surface area contributed by atoms with Crippen LogP contribution in [0.25, 0.3) is 0 Å².